The molecule has 4 nitrogen and oxygen atoms in total. The Balaban J connectivity index is 2.00. The van der Waals surface area contributed by atoms with Crippen molar-refractivity contribution in [1.29, 1.82) is 0 Å². The van der Waals surface area contributed by atoms with E-state index in [2.05, 4.69) is 10.6 Å². The highest BCUT2D eigenvalue weighted by Gasteiger charge is 2.13. The number of ether oxygens (including phenoxy) is 1. The summed E-state index contributed by atoms with van der Waals surface area (Å²) in [6.45, 7) is 1.90. The fraction of sp³-hybridized carbons (Fsp3) is 0.188. The molecule has 2 amide bonds. The third-order valence-corrected chi connectivity index (χ3v) is 3.31. The Labute approximate surface area is 129 Å². The zero-order valence-corrected chi connectivity index (χ0v) is 12.6. The van der Waals surface area contributed by atoms with E-state index < -0.39 is 0 Å². The molecule has 0 heterocycles. The molecule has 2 aromatic rings. The number of halogens is 1. The topological polar surface area (TPSA) is 50.4 Å². The van der Waals surface area contributed by atoms with Gasteiger partial charge in [-0.05, 0) is 37.3 Å². The SMILES string of the molecule is COc1ccccc1C(C)NC(=O)Nc1ccc(Cl)cc1. The Morgan fingerprint density at radius 3 is 2.48 bits per heavy atom. The number of benzene rings is 2. The van der Waals surface area contributed by atoms with E-state index in [0.29, 0.717) is 10.7 Å². The van der Waals surface area contributed by atoms with Crippen LogP contribution in [-0.4, -0.2) is 13.1 Å². The molecule has 5 heteroatoms. The molecule has 0 aromatic heterocycles. The average molecular weight is 305 g/mol. The zero-order chi connectivity index (χ0) is 15.2. The third-order valence-electron chi connectivity index (χ3n) is 3.06. The molecule has 0 bridgehead atoms. The Bertz CT molecular complexity index is 614. The van der Waals surface area contributed by atoms with Crippen molar-refractivity contribution >= 4 is 23.3 Å². The van der Waals surface area contributed by atoms with Gasteiger partial charge in [-0.3, -0.25) is 0 Å². The number of carbonyl (C=O) groups is 1. The molecule has 0 saturated heterocycles. The summed E-state index contributed by atoms with van der Waals surface area (Å²) in [5.41, 5.74) is 1.61. The van der Waals surface area contributed by atoms with Gasteiger partial charge in [0.15, 0.2) is 0 Å². The first kappa shape index (κ1) is 15.2. The number of nitrogens with one attached hydrogen (secondary N) is 2. The minimum absolute atomic E-state index is 0.173. The van der Waals surface area contributed by atoms with Gasteiger partial charge >= 0.3 is 6.03 Å². The lowest BCUT2D eigenvalue weighted by molar-refractivity contribution is 0.249. The number of methoxy groups -OCH3 is 1. The monoisotopic (exact) mass is 304 g/mol. The third kappa shape index (κ3) is 4.13. The highest BCUT2D eigenvalue weighted by Crippen LogP contribution is 2.24. The Hall–Kier alpha value is -2.20. The molecule has 0 spiro atoms. The van der Waals surface area contributed by atoms with E-state index in [9.17, 15) is 4.79 Å². The summed E-state index contributed by atoms with van der Waals surface area (Å²) in [5.74, 6) is 0.747. The number of para-hydroxylation sites is 1. The predicted octanol–water partition coefficient (Wildman–Crippen LogP) is 4.23. The highest BCUT2D eigenvalue weighted by molar-refractivity contribution is 6.30. The number of anilines is 1. The van der Waals surface area contributed by atoms with Gasteiger partial charge in [0.25, 0.3) is 0 Å². The van der Waals surface area contributed by atoms with Crippen LogP contribution in [-0.2, 0) is 0 Å². The van der Waals surface area contributed by atoms with Crippen molar-refractivity contribution in [2.24, 2.45) is 0 Å². The molecule has 0 aliphatic heterocycles. The quantitative estimate of drug-likeness (QED) is 0.888. The average Bonchev–Trinajstić information content (AvgIpc) is 2.49. The van der Waals surface area contributed by atoms with Crippen LogP contribution in [0.4, 0.5) is 10.5 Å². The maximum atomic E-state index is 12.0. The predicted molar refractivity (Wildman–Crippen MR) is 85.0 cm³/mol. The molecular weight excluding hydrogens is 288 g/mol. The van der Waals surface area contributed by atoms with Gasteiger partial charge in [0.05, 0.1) is 13.2 Å². The Kier molecular flexibility index (Phi) is 5.06. The van der Waals surface area contributed by atoms with Gasteiger partial charge in [0, 0.05) is 16.3 Å². The van der Waals surface area contributed by atoms with Crippen molar-refractivity contribution in [2.45, 2.75) is 13.0 Å². The highest BCUT2D eigenvalue weighted by atomic mass is 35.5. The maximum Gasteiger partial charge on any atom is 0.319 e. The summed E-state index contributed by atoms with van der Waals surface area (Å²) >= 11 is 5.80. The molecule has 2 N–H and O–H groups in total. The van der Waals surface area contributed by atoms with Gasteiger partial charge in [0.1, 0.15) is 5.75 Å². The first-order valence-electron chi connectivity index (χ1n) is 6.56. The van der Waals surface area contributed by atoms with Crippen molar-refractivity contribution < 1.29 is 9.53 Å². The summed E-state index contributed by atoms with van der Waals surface area (Å²) in [6.07, 6.45) is 0. The molecule has 0 aliphatic rings. The molecule has 21 heavy (non-hydrogen) atoms. The van der Waals surface area contributed by atoms with E-state index in [4.69, 9.17) is 16.3 Å². The number of carbonyl (C=O) groups excluding carboxylic acids is 1. The molecule has 0 saturated carbocycles. The Morgan fingerprint density at radius 2 is 1.81 bits per heavy atom. The van der Waals surface area contributed by atoms with E-state index in [1.807, 2.05) is 31.2 Å². The maximum absolute atomic E-state index is 12.0. The molecule has 0 radical (unpaired) electrons. The van der Waals surface area contributed by atoms with E-state index in [1.54, 1.807) is 31.4 Å². The van der Waals surface area contributed by atoms with Crippen molar-refractivity contribution in [2.75, 3.05) is 12.4 Å². The molecule has 110 valence electrons. The minimum Gasteiger partial charge on any atom is -0.496 e. The summed E-state index contributed by atoms with van der Waals surface area (Å²) in [4.78, 5) is 12.0. The van der Waals surface area contributed by atoms with Crippen LogP contribution in [0.2, 0.25) is 5.02 Å². The molecule has 2 rings (SSSR count). The van der Waals surface area contributed by atoms with E-state index in [-0.39, 0.29) is 12.1 Å². The first-order chi connectivity index (χ1) is 10.1. The molecule has 0 aliphatic carbocycles. The van der Waals surface area contributed by atoms with Gasteiger partial charge in [-0.2, -0.15) is 0 Å². The summed E-state index contributed by atoms with van der Waals surface area (Å²) in [7, 11) is 1.61. The number of hydrogen-bond acceptors (Lipinski definition) is 2. The standard InChI is InChI=1S/C16H17ClN2O2/c1-11(14-5-3-4-6-15(14)21-2)18-16(20)19-13-9-7-12(17)8-10-13/h3-11H,1-2H3,(H2,18,19,20). The second kappa shape index (κ2) is 6.99. The molecule has 2 aromatic carbocycles. The van der Waals surface area contributed by atoms with Crippen LogP contribution in [0.15, 0.2) is 48.5 Å². The van der Waals surface area contributed by atoms with Crippen molar-refractivity contribution in [3.63, 3.8) is 0 Å². The van der Waals surface area contributed by atoms with Gasteiger partial charge < -0.3 is 15.4 Å². The molecule has 1 unspecified atom stereocenters. The number of amides is 2. The number of rotatable bonds is 4. The van der Waals surface area contributed by atoms with Crippen LogP contribution in [0.1, 0.15) is 18.5 Å². The lowest BCUT2D eigenvalue weighted by Crippen LogP contribution is -2.31. The van der Waals surface area contributed by atoms with Crippen LogP contribution in [0.5, 0.6) is 5.75 Å². The van der Waals surface area contributed by atoms with Crippen molar-refractivity contribution in [1.82, 2.24) is 5.32 Å². The van der Waals surface area contributed by atoms with E-state index in [1.165, 1.54) is 0 Å². The van der Waals surface area contributed by atoms with Gasteiger partial charge in [-0.15, -0.1) is 0 Å². The van der Waals surface area contributed by atoms with Crippen LogP contribution in [0.3, 0.4) is 0 Å². The zero-order valence-electron chi connectivity index (χ0n) is 11.9. The van der Waals surface area contributed by atoms with Gasteiger partial charge in [0.2, 0.25) is 0 Å². The minimum atomic E-state index is -0.282. The van der Waals surface area contributed by atoms with Gasteiger partial charge in [-0.1, -0.05) is 29.8 Å². The first-order valence-corrected chi connectivity index (χ1v) is 6.94. The molecular formula is C16H17ClN2O2. The van der Waals surface area contributed by atoms with Crippen LogP contribution in [0.25, 0.3) is 0 Å². The molecule has 1 atom stereocenters. The lowest BCUT2D eigenvalue weighted by atomic mass is 10.1. The van der Waals surface area contributed by atoms with Gasteiger partial charge in [-0.25, -0.2) is 4.79 Å². The second-order valence-corrected chi connectivity index (χ2v) is 5.01. The van der Waals surface area contributed by atoms with Crippen LogP contribution < -0.4 is 15.4 Å². The van der Waals surface area contributed by atoms with Crippen LogP contribution in [0, 0.1) is 0 Å². The number of urea groups is 1. The fourth-order valence-corrected chi connectivity index (χ4v) is 2.12. The normalized spacial score (nSPS) is 11.6. The van der Waals surface area contributed by atoms with Crippen molar-refractivity contribution in [3.05, 3.63) is 59.1 Å². The number of hydrogen-bond donors (Lipinski definition) is 2. The van der Waals surface area contributed by atoms with E-state index in [0.717, 1.165) is 11.3 Å². The second-order valence-electron chi connectivity index (χ2n) is 4.57. The summed E-state index contributed by atoms with van der Waals surface area (Å²) in [6, 6.07) is 14.1. The summed E-state index contributed by atoms with van der Waals surface area (Å²) < 4.78 is 5.29. The van der Waals surface area contributed by atoms with Crippen LogP contribution >= 0.6 is 11.6 Å². The fourth-order valence-electron chi connectivity index (χ4n) is 2.00. The smallest absolute Gasteiger partial charge is 0.319 e. The van der Waals surface area contributed by atoms with Crippen molar-refractivity contribution in [3.8, 4) is 5.75 Å². The summed E-state index contributed by atoms with van der Waals surface area (Å²) in [5, 5.41) is 6.26. The lowest BCUT2D eigenvalue weighted by Gasteiger charge is -2.17. The van der Waals surface area contributed by atoms with E-state index >= 15 is 0 Å². The Morgan fingerprint density at radius 1 is 1.14 bits per heavy atom. The molecule has 0 fully saturated rings. The largest absolute Gasteiger partial charge is 0.496 e.